The van der Waals surface area contributed by atoms with Gasteiger partial charge in [0.15, 0.2) is 0 Å². The van der Waals surface area contributed by atoms with Crippen LogP contribution in [0.5, 0.6) is 0 Å². The molecule has 2 rings (SSSR count). The molecule has 2 aromatic rings. The molecule has 0 saturated carbocycles. The Morgan fingerprint density at radius 3 is 2.55 bits per heavy atom. The van der Waals surface area contributed by atoms with Crippen LogP contribution in [0.3, 0.4) is 0 Å². The number of benzene rings is 1. The van der Waals surface area contributed by atoms with Gasteiger partial charge in [-0.2, -0.15) is 0 Å². The normalized spacial score (nSPS) is 11.7. The first-order valence-corrected chi connectivity index (χ1v) is 6.89. The van der Waals surface area contributed by atoms with Gasteiger partial charge in [0, 0.05) is 12.6 Å². The Morgan fingerprint density at radius 2 is 1.95 bits per heavy atom. The summed E-state index contributed by atoms with van der Waals surface area (Å²) in [5.74, 6) is 0.0789. The SMILES string of the molecule is CC(=O)Nc1ccc(CC(=O)NCC(O)c2ccco2)cc1. The van der Waals surface area contributed by atoms with E-state index in [1.54, 1.807) is 36.4 Å². The summed E-state index contributed by atoms with van der Waals surface area (Å²) in [4.78, 5) is 22.7. The Bertz CT molecular complexity index is 620. The quantitative estimate of drug-likeness (QED) is 0.756. The second-order valence-electron chi connectivity index (χ2n) is 4.89. The molecule has 6 nitrogen and oxygen atoms in total. The van der Waals surface area contributed by atoms with Crippen molar-refractivity contribution in [2.45, 2.75) is 19.4 Å². The Labute approximate surface area is 128 Å². The standard InChI is InChI=1S/C16H18N2O4/c1-11(19)18-13-6-4-12(5-7-13)9-16(21)17-10-14(20)15-3-2-8-22-15/h2-8,14,20H,9-10H2,1H3,(H,17,21)(H,18,19). The molecular weight excluding hydrogens is 284 g/mol. The van der Waals surface area contributed by atoms with Gasteiger partial charge in [-0.25, -0.2) is 0 Å². The highest BCUT2D eigenvalue weighted by Crippen LogP contribution is 2.12. The van der Waals surface area contributed by atoms with Gasteiger partial charge >= 0.3 is 0 Å². The third-order valence-electron chi connectivity index (χ3n) is 3.00. The molecule has 116 valence electrons. The number of nitrogens with one attached hydrogen (secondary N) is 2. The van der Waals surface area contributed by atoms with E-state index in [-0.39, 0.29) is 24.8 Å². The zero-order valence-electron chi connectivity index (χ0n) is 12.2. The van der Waals surface area contributed by atoms with E-state index in [4.69, 9.17) is 4.42 Å². The predicted molar refractivity (Wildman–Crippen MR) is 81.1 cm³/mol. The summed E-state index contributed by atoms with van der Waals surface area (Å²) in [7, 11) is 0. The lowest BCUT2D eigenvalue weighted by atomic mass is 10.1. The molecule has 1 heterocycles. The third-order valence-corrected chi connectivity index (χ3v) is 3.00. The van der Waals surface area contributed by atoms with Crippen LogP contribution in [0.15, 0.2) is 47.1 Å². The van der Waals surface area contributed by atoms with Crippen molar-refractivity contribution in [1.29, 1.82) is 0 Å². The molecule has 6 heteroatoms. The number of hydrogen-bond donors (Lipinski definition) is 3. The first-order valence-electron chi connectivity index (χ1n) is 6.89. The molecule has 22 heavy (non-hydrogen) atoms. The molecular formula is C16H18N2O4. The van der Waals surface area contributed by atoms with E-state index < -0.39 is 6.10 Å². The highest BCUT2D eigenvalue weighted by atomic mass is 16.4. The van der Waals surface area contributed by atoms with Crippen LogP contribution < -0.4 is 10.6 Å². The first kappa shape index (κ1) is 15.8. The van der Waals surface area contributed by atoms with E-state index >= 15 is 0 Å². The summed E-state index contributed by atoms with van der Waals surface area (Å²) in [5, 5.41) is 15.1. The molecule has 0 fully saturated rings. The van der Waals surface area contributed by atoms with Crippen molar-refractivity contribution in [1.82, 2.24) is 5.32 Å². The van der Waals surface area contributed by atoms with Crippen molar-refractivity contribution in [3.05, 3.63) is 54.0 Å². The fourth-order valence-electron chi connectivity index (χ4n) is 1.95. The van der Waals surface area contributed by atoms with Gasteiger partial charge in [-0.3, -0.25) is 9.59 Å². The zero-order chi connectivity index (χ0) is 15.9. The Morgan fingerprint density at radius 1 is 1.23 bits per heavy atom. The van der Waals surface area contributed by atoms with Crippen LogP contribution in [0, 0.1) is 0 Å². The van der Waals surface area contributed by atoms with Crippen LogP contribution >= 0.6 is 0 Å². The molecule has 0 aliphatic carbocycles. The number of anilines is 1. The average Bonchev–Trinajstić information content (AvgIpc) is 3.00. The molecule has 1 unspecified atom stereocenters. The van der Waals surface area contributed by atoms with Crippen LogP contribution in [0.1, 0.15) is 24.4 Å². The zero-order valence-corrected chi connectivity index (χ0v) is 12.2. The van der Waals surface area contributed by atoms with Crippen LogP contribution in [0.25, 0.3) is 0 Å². The summed E-state index contributed by atoms with van der Waals surface area (Å²) in [6.07, 6.45) is 0.809. The first-order chi connectivity index (χ1) is 10.5. The number of amides is 2. The van der Waals surface area contributed by atoms with Crippen molar-refractivity contribution in [3.8, 4) is 0 Å². The Balaban J connectivity index is 1.80. The minimum absolute atomic E-state index is 0.0936. The van der Waals surface area contributed by atoms with Crippen LogP contribution in [0.2, 0.25) is 0 Å². The van der Waals surface area contributed by atoms with E-state index in [9.17, 15) is 14.7 Å². The van der Waals surface area contributed by atoms with Gasteiger partial charge in [0.25, 0.3) is 0 Å². The summed E-state index contributed by atoms with van der Waals surface area (Å²) < 4.78 is 5.05. The van der Waals surface area contributed by atoms with Crippen molar-refractivity contribution in [3.63, 3.8) is 0 Å². The average molecular weight is 302 g/mol. The predicted octanol–water partition coefficient (Wildman–Crippen LogP) is 1.63. The number of furan rings is 1. The van der Waals surface area contributed by atoms with Gasteiger partial charge in [0.1, 0.15) is 11.9 Å². The molecule has 1 aromatic carbocycles. The number of hydrogen-bond acceptors (Lipinski definition) is 4. The summed E-state index contributed by atoms with van der Waals surface area (Å²) in [5.41, 5.74) is 1.50. The Kier molecular flexibility index (Phi) is 5.32. The highest BCUT2D eigenvalue weighted by Gasteiger charge is 2.12. The monoisotopic (exact) mass is 302 g/mol. The molecule has 1 aromatic heterocycles. The van der Waals surface area contributed by atoms with Gasteiger partial charge in [0.05, 0.1) is 19.2 Å². The van der Waals surface area contributed by atoms with E-state index in [2.05, 4.69) is 10.6 Å². The van der Waals surface area contributed by atoms with Gasteiger partial charge < -0.3 is 20.2 Å². The van der Waals surface area contributed by atoms with Gasteiger partial charge in [-0.05, 0) is 29.8 Å². The molecule has 0 aliphatic heterocycles. The lowest BCUT2D eigenvalue weighted by molar-refractivity contribution is -0.121. The van der Waals surface area contributed by atoms with Gasteiger partial charge in [-0.15, -0.1) is 0 Å². The minimum Gasteiger partial charge on any atom is -0.467 e. The maximum absolute atomic E-state index is 11.8. The summed E-state index contributed by atoms with van der Waals surface area (Å²) in [6.45, 7) is 1.53. The molecule has 3 N–H and O–H groups in total. The van der Waals surface area contributed by atoms with Gasteiger partial charge in [0.2, 0.25) is 11.8 Å². The summed E-state index contributed by atoms with van der Waals surface area (Å²) in [6, 6.07) is 10.3. The third kappa shape index (κ3) is 4.75. The van der Waals surface area contributed by atoms with E-state index in [1.807, 2.05) is 0 Å². The smallest absolute Gasteiger partial charge is 0.224 e. The minimum atomic E-state index is -0.860. The molecule has 2 amide bonds. The molecule has 0 aliphatic rings. The number of aliphatic hydroxyl groups excluding tert-OH is 1. The maximum atomic E-state index is 11.8. The highest BCUT2D eigenvalue weighted by molar-refractivity contribution is 5.88. The fourth-order valence-corrected chi connectivity index (χ4v) is 1.95. The Hall–Kier alpha value is -2.60. The molecule has 0 saturated heterocycles. The molecule has 0 radical (unpaired) electrons. The van der Waals surface area contributed by atoms with Gasteiger partial charge in [-0.1, -0.05) is 12.1 Å². The van der Waals surface area contributed by atoms with Crippen molar-refractivity contribution < 1.29 is 19.1 Å². The van der Waals surface area contributed by atoms with E-state index in [0.717, 1.165) is 5.56 Å². The fraction of sp³-hybridized carbons (Fsp3) is 0.250. The second kappa shape index (κ2) is 7.42. The largest absolute Gasteiger partial charge is 0.467 e. The number of aliphatic hydroxyl groups is 1. The van der Waals surface area contributed by atoms with E-state index in [0.29, 0.717) is 11.4 Å². The topological polar surface area (TPSA) is 91.6 Å². The van der Waals surface area contributed by atoms with Crippen molar-refractivity contribution >= 4 is 17.5 Å². The second-order valence-corrected chi connectivity index (χ2v) is 4.89. The maximum Gasteiger partial charge on any atom is 0.224 e. The molecule has 0 bridgehead atoms. The van der Waals surface area contributed by atoms with Crippen LogP contribution in [0.4, 0.5) is 5.69 Å². The number of rotatable bonds is 6. The number of carbonyl (C=O) groups excluding carboxylic acids is 2. The lowest BCUT2D eigenvalue weighted by Crippen LogP contribution is -2.29. The number of carbonyl (C=O) groups is 2. The molecule has 0 spiro atoms. The summed E-state index contributed by atoms with van der Waals surface area (Å²) >= 11 is 0. The van der Waals surface area contributed by atoms with Crippen LogP contribution in [-0.4, -0.2) is 23.5 Å². The molecule has 1 atom stereocenters. The van der Waals surface area contributed by atoms with E-state index in [1.165, 1.54) is 13.2 Å². The lowest BCUT2D eigenvalue weighted by Gasteiger charge is -2.10. The van der Waals surface area contributed by atoms with Crippen molar-refractivity contribution in [2.24, 2.45) is 0 Å². The van der Waals surface area contributed by atoms with Crippen LogP contribution in [-0.2, 0) is 16.0 Å². The van der Waals surface area contributed by atoms with Crippen molar-refractivity contribution in [2.75, 3.05) is 11.9 Å².